The second-order valence-electron chi connectivity index (χ2n) is 2.30. The second-order valence-corrected chi connectivity index (χ2v) is 2.30. The van der Waals surface area contributed by atoms with Gasteiger partial charge in [0.05, 0.1) is 6.26 Å². The van der Waals surface area contributed by atoms with Crippen LogP contribution in [0, 0.1) is 0 Å². The van der Waals surface area contributed by atoms with Crippen molar-refractivity contribution in [1.82, 2.24) is 0 Å². The Balaban J connectivity index is 0.000000379. The average molecular weight is 192 g/mol. The lowest BCUT2D eigenvalue weighted by atomic mass is 10.1. The molecule has 14 heavy (non-hydrogen) atoms. The highest BCUT2D eigenvalue weighted by Gasteiger charge is 2.02. The number of para-hydroxylation sites is 1. The average Bonchev–Trinajstić information content (AvgIpc) is 2.34. The molecule has 0 bridgehead atoms. The van der Waals surface area contributed by atoms with Crippen LogP contribution in [0.5, 0.6) is 5.75 Å². The van der Waals surface area contributed by atoms with E-state index in [9.17, 15) is 0 Å². The van der Waals surface area contributed by atoms with Crippen molar-refractivity contribution in [2.75, 3.05) is 0 Å². The molecule has 2 rings (SSSR count). The van der Waals surface area contributed by atoms with Crippen LogP contribution in [0.4, 0.5) is 0 Å². The molecule has 1 aromatic rings. The van der Waals surface area contributed by atoms with Crippen molar-refractivity contribution in [3.05, 3.63) is 42.2 Å². The van der Waals surface area contributed by atoms with Crippen LogP contribution in [0.15, 0.2) is 36.6 Å². The van der Waals surface area contributed by atoms with E-state index in [2.05, 4.69) is 6.07 Å². The van der Waals surface area contributed by atoms with E-state index in [4.69, 9.17) is 4.74 Å². The van der Waals surface area contributed by atoms with Crippen LogP contribution in [-0.2, 0) is 6.42 Å². The van der Waals surface area contributed by atoms with Gasteiger partial charge in [-0.2, -0.15) is 0 Å². The maximum atomic E-state index is 5.24. The van der Waals surface area contributed by atoms with Crippen LogP contribution in [0.3, 0.4) is 0 Å². The highest BCUT2D eigenvalue weighted by atomic mass is 16.5. The molecule has 0 amide bonds. The smallest absolute Gasteiger partial charge is 0.130 e. The summed E-state index contributed by atoms with van der Waals surface area (Å²) in [7, 11) is 0. The van der Waals surface area contributed by atoms with E-state index in [-0.39, 0.29) is 0 Å². The van der Waals surface area contributed by atoms with E-state index in [1.54, 1.807) is 6.26 Å². The van der Waals surface area contributed by atoms with Gasteiger partial charge in [-0.25, -0.2) is 0 Å². The van der Waals surface area contributed by atoms with Crippen LogP contribution in [0.25, 0.3) is 0 Å². The Bertz CT molecular complexity index is 237. The highest BCUT2D eigenvalue weighted by Crippen LogP contribution is 2.21. The number of hydrogen-bond acceptors (Lipinski definition) is 1. The normalized spacial score (nSPS) is 10.9. The fraction of sp³-hybridized carbons (Fsp3) is 0.385. The van der Waals surface area contributed by atoms with Gasteiger partial charge in [-0.15, -0.1) is 0 Å². The molecule has 0 fully saturated rings. The summed E-state index contributed by atoms with van der Waals surface area (Å²) < 4.78 is 5.24. The van der Waals surface area contributed by atoms with Crippen LogP contribution < -0.4 is 4.74 Å². The minimum Gasteiger partial charge on any atom is -0.465 e. The molecule has 0 saturated heterocycles. The Morgan fingerprint density at radius 1 is 1.00 bits per heavy atom. The predicted octanol–water partition coefficient (Wildman–Crippen LogP) is 4.19. The number of hydrogen-bond donors (Lipinski definition) is 0. The van der Waals surface area contributed by atoms with Gasteiger partial charge in [0.2, 0.25) is 0 Å². The monoisotopic (exact) mass is 192 g/mol. The van der Waals surface area contributed by atoms with Gasteiger partial charge >= 0.3 is 0 Å². The van der Waals surface area contributed by atoms with Crippen molar-refractivity contribution < 1.29 is 4.74 Å². The van der Waals surface area contributed by atoms with Gasteiger partial charge in [0.1, 0.15) is 5.75 Å². The molecule has 1 heteroatoms. The zero-order chi connectivity index (χ0) is 10.8. The number of allylic oxidation sites excluding steroid dienone is 1. The molecule has 0 N–H and O–H groups in total. The minimum atomic E-state index is 0.991. The van der Waals surface area contributed by atoms with Crippen LogP contribution in [-0.4, -0.2) is 0 Å². The van der Waals surface area contributed by atoms with Crippen molar-refractivity contribution in [1.29, 1.82) is 0 Å². The lowest BCUT2D eigenvalue weighted by molar-refractivity contribution is 0.464. The first-order valence-electron chi connectivity index (χ1n) is 5.36. The van der Waals surface area contributed by atoms with E-state index in [0.29, 0.717) is 0 Å². The zero-order valence-corrected chi connectivity index (χ0v) is 9.58. The van der Waals surface area contributed by atoms with Crippen molar-refractivity contribution in [2.45, 2.75) is 34.1 Å². The van der Waals surface area contributed by atoms with Crippen molar-refractivity contribution in [3.63, 3.8) is 0 Å². The van der Waals surface area contributed by atoms with E-state index in [1.807, 2.05) is 52.0 Å². The third-order valence-corrected chi connectivity index (χ3v) is 1.60. The molecule has 1 nitrogen and oxygen atoms in total. The van der Waals surface area contributed by atoms with Gasteiger partial charge < -0.3 is 4.74 Å². The summed E-state index contributed by atoms with van der Waals surface area (Å²) in [5.41, 5.74) is 1.27. The van der Waals surface area contributed by atoms with E-state index in [1.165, 1.54) is 5.56 Å². The molecule has 1 aromatic carbocycles. The van der Waals surface area contributed by atoms with Crippen LogP contribution >= 0.6 is 0 Å². The van der Waals surface area contributed by atoms with Gasteiger partial charge in [0.25, 0.3) is 0 Å². The molecular formula is C13H20O. The Kier molecular flexibility index (Phi) is 7.62. The molecule has 0 atom stereocenters. The van der Waals surface area contributed by atoms with Gasteiger partial charge in [-0.1, -0.05) is 45.9 Å². The minimum absolute atomic E-state index is 0.991. The first kappa shape index (κ1) is 12.8. The summed E-state index contributed by atoms with van der Waals surface area (Å²) in [4.78, 5) is 0. The number of fused-ring (bicyclic) bond motifs is 1. The third-order valence-electron chi connectivity index (χ3n) is 1.60. The maximum absolute atomic E-state index is 5.24. The molecule has 0 saturated carbocycles. The standard InChI is InChI=1S/C9H8O.2C2H6/c1-2-6-9-8(4-1)5-3-7-10-9;2*1-2/h1-4,6-7H,5H2;2*1-2H3. The Morgan fingerprint density at radius 2 is 1.64 bits per heavy atom. The molecular weight excluding hydrogens is 172 g/mol. The molecule has 0 radical (unpaired) electrons. The third kappa shape index (κ3) is 3.65. The summed E-state index contributed by atoms with van der Waals surface area (Å²) in [6.45, 7) is 8.00. The molecule has 1 aliphatic rings. The van der Waals surface area contributed by atoms with Gasteiger partial charge in [0.15, 0.2) is 0 Å². The molecule has 0 aliphatic carbocycles. The van der Waals surface area contributed by atoms with Crippen molar-refractivity contribution in [2.24, 2.45) is 0 Å². The van der Waals surface area contributed by atoms with Gasteiger partial charge in [-0.3, -0.25) is 0 Å². The Labute approximate surface area is 87.4 Å². The van der Waals surface area contributed by atoms with E-state index in [0.717, 1.165) is 12.2 Å². The fourth-order valence-electron chi connectivity index (χ4n) is 1.08. The predicted molar refractivity (Wildman–Crippen MR) is 62.6 cm³/mol. The number of benzene rings is 1. The van der Waals surface area contributed by atoms with E-state index < -0.39 is 0 Å². The van der Waals surface area contributed by atoms with Crippen LogP contribution in [0.2, 0.25) is 0 Å². The van der Waals surface area contributed by atoms with Gasteiger partial charge in [-0.05, 0) is 24.1 Å². The first-order valence-corrected chi connectivity index (χ1v) is 5.36. The second kappa shape index (κ2) is 8.36. The van der Waals surface area contributed by atoms with E-state index >= 15 is 0 Å². The summed E-state index contributed by atoms with van der Waals surface area (Å²) >= 11 is 0. The highest BCUT2D eigenvalue weighted by molar-refractivity contribution is 5.36. The quantitative estimate of drug-likeness (QED) is 0.599. The maximum Gasteiger partial charge on any atom is 0.130 e. The summed E-state index contributed by atoms with van der Waals surface area (Å²) in [6.07, 6.45) is 4.75. The van der Waals surface area contributed by atoms with Crippen LogP contribution in [0.1, 0.15) is 33.3 Å². The summed E-state index contributed by atoms with van der Waals surface area (Å²) in [6, 6.07) is 8.08. The first-order chi connectivity index (χ1) is 6.97. The lowest BCUT2D eigenvalue weighted by Crippen LogP contribution is -1.94. The summed E-state index contributed by atoms with van der Waals surface area (Å²) in [5.74, 6) is 0.991. The molecule has 0 spiro atoms. The summed E-state index contributed by atoms with van der Waals surface area (Å²) in [5, 5.41) is 0. The molecule has 0 aromatic heterocycles. The molecule has 78 valence electrons. The lowest BCUT2D eigenvalue weighted by Gasteiger charge is -2.09. The van der Waals surface area contributed by atoms with Crippen molar-refractivity contribution >= 4 is 0 Å². The topological polar surface area (TPSA) is 9.23 Å². The Morgan fingerprint density at radius 3 is 2.29 bits per heavy atom. The molecule has 0 unspecified atom stereocenters. The number of ether oxygens (including phenoxy) is 1. The molecule has 1 aliphatic heterocycles. The fourth-order valence-corrected chi connectivity index (χ4v) is 1.08. The molecule has 1 heterocycles. The van der Waals surface area contributed by atoms with Gasteiger partial charge in [0, 0.05) is 0 Å². The largest absolute Gasteiger partial charge is 0.465 e. The zero-order valence-electron chi connectivity index (χ0n) is 9.58. The number of rotatable bonds is 0. The van der Waals surface area contributed by atoms with Crippen molar-refractivity contribution in [3.8, 4) is 5.75 Å². The SMILES string of the molecule is C1=COc2ccccc2C1.CC.CC. The Hall–Kier alpha value is -1.24.